The zero-order valence-electron chi connectivity index (χ0n) is 20.2. The van der Waals surface area contributed by atoms with Crippen LogP contribution in [0.25, 0.3) is 38.6 Å². The monoisotopic (exact) mass is 473 g/mol. The van der Waals surface area contributed by atoms with Gasteiger partial charge in [-0.2, -0.15) is 10.1 Å². The Morgan fingerprint density at radius 3 is 2.83 bits per heavy atom. The zero-order valence-corrected chi connectivity index (χ0v) is 20.2. The standard InChI is InChI=1S/C26H27N5O4/c1-6-33-24(32)8-7-11-31-22-12-17(4)20(13-19(22)15-28-31)25-29-26(35-30-25)18-9-10-23(34-16(2)3)21(14-18)27-5/h9-10,12-16H,6-8,11H2,1-4H3. The van der Waals surface area contributed by atoms with Crippen LogP contribution in [0.2, 0.25) is 0 Å². The summed E-state index contributed by atoms with van der Waals surface area (Å²) in [6, 6.07) is 9.27. The molecule has 0 unspecified atom stereocenters. The number of hydrogen-bond donors (Lipinski definition) is 0. The molecule has 0 aliphatic carbocycles. The van der Waals surface area contributed by atoms with Crippen LogP contribution in [-0.4, -0.2) is 38.6 Å². The number of rotatable bonds is 9. The summed E-state index contributed by atoms with van der Waals surface area (Å²) in [6.07, 6.45) is 2.77. The SMILES string of the molecule is [C-]#[N+]c1cc(-c2nc(-c3cc4cnn(CCCC(=O)OCC)c4cc3C)no2)ccc1OC(C)C. The van der Waals surface area contributed by atoms with E-state index in [1.165, 1.54) is 0 Å². The third-order valence-electron chi connectivity index (χ3n) is 5.40. The Morgan fingerprint density at radius 1 is 1.26 bits per heavy atom. The van der Waals surface area contributed by atoms with Crippen molar-refractivity contribution in [3.63, 3.8) is 0 Å². The first-order valence-electron chi connectivity index (χ1n) is 11.5. The number of carbonyl (C=O) groups is 1. The number of fused-ring (bicyclic) bond motifs is 1. The molecular formula is C26H27N5O4. The quantitative estimate of drug-likeness (QED) is 0.226. The fraction of sp³-hybridized carbons (Fsp3) is 0.346. The van der Waals surface area contributed by atoms with E-state index in [1.807, 2.05) is 37.6 Å². The summed E-state index contributed by atoms with van der Waals surface area (Å²) in [4.78, 5) is 19.7. The van der Waals surface area contributed by atoms with Gasteiger partial charge in [0, 0.05) is 29.5 Å². The maximum Gasteiger partial charge on any atom is 0.305 e. The number of hydrogen-bond acceptors (Lipinski definition) is 7. The van der Waals surface area contributed by atoms with E-state index in [1.54, 1.807) is 31.3 Å². The number of benzene rings is 2. The van der Waals surface area contributed by atoms with Crippen LogP contribution in [0, 0.1) is 13.5 Å². The lowest BCUT2D eigenvalue weighted by Gasteiger charge is -2.11. The average Bonchev–Trinajstić information content (AvgIpc) is 3.46. The molecule has 0 bridgehead atoms. The third-order valence-corrected chi connectivity index (χ3v) is 5.40. The highest BCUT2D eigenvalue weighted by molar-refractivity contribution is 5.85. The van der Waals surface area contributed by atoms with E-state index in [4.69, 9.17) is 20.6 Å². The Morgan fingerprint density at radius 2 is 2.09 bits per heavy atom. The van der Waals surface area contributed by atoms with Crippen molar-refractivity contribution in [2.24, 2.45) is 0 Å². The van der Waals surface area contributed by atoms with Crippen LogP contribution < -0.4 is 4.74 Å². The topological polar surface area (TPSA) is 96.6 Å². The Kier molecular flexibility index (Phi) is 7.11. The second kappa shape index (κ2) is 10.4. The maximum absolute atomic E-state index is 11.6. The molecule has 2 aromatic carbocycles. The number of esters is 1. The van der Waals surface area contributed by atoms with Crippen molar-refractivity contribution in [2.75, 3.05) is 6.61 Å². The Bertz CT molecular complexity index is 1400. The number of nitrogens with zero attached hydrogens (tertiary/aromatic N) is 5. The predicted molar refractivity (Wildman–Crippen MR) is 131 cm³/mol. The van der Waals surface area contributed by atoms with Crippen LogP contribution in [0.5, 0.6) is 5.75 Å². The summed E-state index contributed by atoms with van der Waals surface area (Å²) in [5.41, 5.74) is 3.83. The number of ether oxygens (including phenoxy) is 2. The van der Waals surface area contributed by atoms with Gasteiger partial charge in [-0.25, -0.2) is 4.85 Å². The molecule has 0 aliphatic rings. The number of carbonyl (C=O) groups excluding carboxylic acids is 1. The van der Waals surface area contributed by atoms with Gasteiger partial charge in [-0.3, -0.25) is 9.48 Å². The first kappa shape index (κ1) is 24.0. The summed E-state index contributed by atoms with van der Waals surface area (Å²) in [5.74, 6) is 1.12. The molecule has 0 amide bonds. The largest absolute Gasteiger partial charge is 0.502 e. The lowest BCUT2D eigenvalue weighted by atomic mass is 10.1. The van der Waals surface area contributed by atoms with Gasteiger partial charge < -0.3 is 14.0 Å². The van der Waals surface area contributed by atoms with E-state index in [0.717, 1.165) is 22.0 Å². The first-order chi connectivity index (χ1) is 16.9. The lowest BCUT2D eigenvalue weighted by Crippen LogP contribution is -2.07. The van der Waals surface area contributed by atoms with Crippen LogP contribution in [0.1, 0.15) is 39.2 Å². The first-order valence-corrected chi connectivity index (χ1v) is 11.5. The van der Waals surface area contributed by atoms with Gasteiger partial charge in [-0.05, 0) is 70.0 Å². The van der Waals surface area contributed by atoms with Crippen molar-refractivity contribution in [1.82, 2.24) is 19.9 Å². The Hall–Kier alpha value is -4.19. The van der Waals surface area contributed by atoms with Crippen molar-refractivity contribution in [3.05, 3.63) is 53.5 Å². The third kappa shape index (κ3) is 5.32. The molecule has 9 nitrogen and oxygen atoms in total. The summed E-state index contributed by atoms with van der Waals surface area (Å²) < 4.78 is 18.1. The molecule has 0 saturated heterocycles. The Balaban J connectivity index is 1.56. The van der Waals surface area contributed by atoms with Crippen molar-refractivity contribution >= 4 is 22.6 Å². The zero-order chi connectivity index (χ0) is 24.9. The van der Waals surface area contributed by atoms with Crippen LogP contribution >= 0.6 is 0 Å². The molecule has 9 heteroatoms. The number of aromatic nitrogens is 4. The molecule has 2 heterocycles. The molecule has 0 radical (unpaired) electrons. The molecule has 4 aromatic rings. The summed E-state index contributed by atoms with van der Waals surface area (Å²) in [6.45, 7) is 16.1. The van der Waals surface area contributed by atoms with Crippen molar-refractivity contribution in [3.8, 4) is 28.6 Å². The second-order valence-corrected chi connectivity index (χ2v) is 8.39. The van der Waals surface area contributed by atoms with Crippen LogP contribution in [0.3, 0.4) is 0 Å². The van der Waals surface area contributed by atoms with Crippen LogP contribution in [0.15, 0.2) is 41.1 Å². The molecule has 0 spiro atoms. The highest BCUT2D eigenvalue weighted by atomic mass is 16.5. The predicted octanol–water partition coefficient (Wildman–Crippen LogP) is 5.74. The molecule has 2 aromatic heterocycles. The molecule has 35 heavy (non-hydrogen) atoms. The molecule has 0 atom stereocenters. The van der Waals surface area contributed by atoms with Gasteiger partial charge in [0.15, 0.2) is 0 Å². The van der Waals surface area contributed by atoms with E-state index in [-0.39, 0.29) is 12.1 Å². The average molecular weight is 474 g/mol. The van der Waals surface area contributed by atoms with Gasteiger partial charge in [-0.15, -0.1) is 0 Å². The van der Waals surface area contributed by atoms with Gasteiger partial charge in [0.2, 0.25) is 11.5 Å². The van der Waals surface area contributed by atoms with Crippen molar-refractivity contribution in [1.29, 1.82) is 0 Å². The van der Waals surface area contributed by atoms with Gasteiger partial charge in [-0.1, -0.05) is 5.16 Å². The van der Waals surface area contributed by atoms with E-state index >= 15 is 0 Å². The van der Waals surface area contributed by atoms with Crippen molar-refractivity contribution < 1.29 is 18.8 Å². The normalized spacial score (nSPS) is 11.1. The van der Waals surface area contributed by atoms with E-state index in [2.05, 4.69) is 20.1 Å². The minimum absolute atomic E-state index is 0.0313. The van der Waals surface area contributed by atoms with Gasteiger partial charge in [0.25, 0.3) is 5.89 Å². The lowest BCUT2D eigenvalue weighted by molar-refractivity contribution is -0.143. The van der Waals surface area contributed by atoms with Crippen LogP contribution in [0.4, 0.5) is 5.69 Å². The van der Waals surface area contributed by atoms with Crippen LogP contribution in [-0.2, 0) is 16.1 Å². The molecular weight excluding hydrogens is 446 g/mol. The fourth-order valence-electron chi connectivity index (χ4n) is 3.80. The summed E-state index contributed by atoms with van der Waals surface area (Å²) in [7, 11) is 0. The molecule has 0 N–H and O–H groups in total. The molecule has 0 aliphatic heterocycles. The molecule has 0 saturated carbocycles. The second-order valence-electron chi connectivity index (χ2n) is 8.39. The van der Waals surface area contributed by atoms with Crippen molar-refractivity contribution in [2.45, 2.75) is 53.2 Å². The van der Waals surface area contributed by atoms with E-state index in [0.29, 0.717) is 54.7 Å². The fourth-order valence-corrected chi connectivity index (χ4v) is 3.80. The summed E-state index contributed by atoms with van der Waals surface area (Å²) >= 11 is 0. The molecule has 4 rings (SSSR count). The minimum atomic E-state index is -0.194. The van der Waals surface area contributed by atoms with E-state index < -0.39 is 0 Å². The maximum atomic E-state index is 11.6. The minimum Gasteiger partial charge on any atom is -0.502 e. The molecule has 0 fully saturated rings. The highest BCUT2D eigenvalue weighted by Gasteiger charge is 2.17. The van der Waals surface area contributed by atoms with Gasteiger partial charge in [0.05, 0.1) is 31.0 Å². The van der Waals surface area contributed by atoms with Gasteiger partial charge in [0.1, 0.15) is 5.75 Å². The number of aryl methyl sites for hydroxylation is 2. The van der Waals surface area contributed by atoms with E-state index in [9.17, 15) is 4.79 Å². The highest BCUT2D eigenvalue weighted by Crippen LogP contribution is 2.34. The smallest absolute Gasteiger partial charge is 0.305 e. The van der Waals surface area contributed by atoms with Gasteiger partial charge >= 0.3 is 5.97 Å². The molecule has 180 valence electrons. The summed E-state index contributed by atoms with van der Waals surface area (Å²) in [5, 5.41) is 9.59. The Labute approximate surface area is 203 Å².